The van der Waals surface area contributed by atoms with E-state index in [9.17, 15) is 4.39 Å². The highest BCUT2D eigenvalue weighted by Crippen LogP contribution is 2.32. The molecular weight excluding hydrogens is 167 g/mol. The molecule has 0 radical (unpaired) electrons. The van der Waals surface area contributed by atoms with Gasteiger partial charge in [0.25, 0.3) is 0 Å². The highest BCUT2D eigenvalue weighted by atomic mass is 19.1. The van der Waals surface area contributed by atoms with Gasteiger partial charge in [0, 0.05) is 19.1 Å². The Morgan fingerprint density at radius 1 is 1.38 bits per heavy atom. The normalized spacial score (nSPS) is 30.0. The summed E-state index contributed by atoms with van der Waals surface area (Å²) >= 11 is 0. The van der Waals surface area contributed by atoms with Crippen molar-refractivity contribution in [3.8, 4) is 0 Å². The Morgan fingerprint density at radius 3 is 2.54 bits per heavy atom. The summed E-state index contributed by atoms with van der Waals surface area (Å²) in [6, 6.07) is 0.650. The van der Waals surface area contributed by atoms with Gasteiger partial charge in [-0.2, -0.15) is 0 Å². The van der Waals surface area contributed by atoms with Crippen molar-refractivity contribution in [1.82, 2.24) is 10.2 Å². The largest absolute Gasteiger partial charge is 0.317 e. The lowest BCUT2D eigenvalue weighted by Gasteiger charge is -2.49. The van der Waals surface area contributed by atoms with E-state index in [1.807, 2.05) is 6.92 Å². The second-order valence-corrected chi connectivity index (χ2v) is 4.39. The SMILES string of the molecule is CCC1(F)CN(C2CCNCC2)C1. The molecule has 3 heteroatoms. The van der Waals surface area contributed by atoms with Gasteiger partial charge in [0.05, 0.1) is 0 Å². The molecule has 2 rings (SSSR count). The van der Waals surface area contributed by atoms with Gasteiger partial charge >= 0.3 is 0 Å². The van der Waals surface area contributed by atoms with Crippen molar-refractivity contribution in [2.45, 2.75) is 37.9 Å². The van der Waals surface area contributed by atoms with E-state index in [0.29, 0.717) is 25.6 Å². The third-order valence-corrected chi connectivity index (χ3v) is 3.43. The van der Waals surface area contributed by atoms with Crippen molar-refractivity contribution in [3.63, 3.8) is 0 Å². The Kier molecular flexibility index (Phi) is 2.56. The molecule has 0 amide bonds. The van der Waals surface area contributed by atoms with E-state index < -0.39 is 5.67 Å². The third kappa shape index (κ3) is 1.86. The van der Waals surface area contributed by atoms with Gasteiger partial charge in [-0.3, -0.25) is 4.90 Å². The molecule has 2 nitrogen and oxygen atoms in total. The maximum atomic E-state index is 13.6. The van der Waals surface area contributed by atoms with Crippen molar-refractivity contribution < 1.29 is 4.39 Å². The maximum Gasteiger partial charge on any atom is 0.136 e. The van der Waals surface area contributed by atoms with Crippen molar-refractivity contribution in [3.05, 3.63) is 0 Å². The van der Waals surface area contributed by atoms with Gasteiger partial charge < -0.3 is 5.32 Å². The molecule has 0 bridgehead atoms. The molecule has 0 aromatic carbocycles. The van der Waals surface area contributed by atoms with E-state index in [-0.39, 0.29) is 0 Å². The molecule has 0 unspecified atom stereocenters. The van der Waals surface area contributed by atoms with E-state index in [1.165, 1.54) is 12.8 Å². The first-order valence-corrected chi connectivity index (χ1v) is 5.37. The number of nitrogens with zero attached hydrogens (tertiary/aromatic N) is 1. The standard InChI is InChI=1S/C10H19FN2/c1-2-10(11)7-13(8-10)9-3-5-12-6-4-9/h9,12H,2-8H2,1H3. The molecule has 1 N–H and O–H groups in total. The van der Waals surface area contributed by atoms with Crippen LogP contribution in [0.25, 0.3) is 0 Å². The summed E-state index contributed by atoms with van der Waals surface area (Å²) in [6.07, 6.45) is 3.06. The molecule has 0 aliphatic carbocycles. The lowest BCUT2D eigenvalue weighted by atomic mass is 9.89. The van der Waals surface area contributed by atoms with Crippen LogP contribution in [0.4, 0.5) is 4.39 Å². The molecule has 13 heavy (non-hydrogen) atoms. The molecule has 0 saturated carbocycles. The van der Waals surface area contributed by atoms with Crippen LogP contribution in [-0.4, -0.2) is 42.8 Å². The van der Waals surface area contributed by atoms with Gasteiger partial charge in [-0.15, -0.1) is 0 Å². The average Bonchev–Trinajstić information content (AvgIpc) is 2.14. The highest BCUT2D eigenvalue weighted by Gasteiger charge is 2.44. The van der Waals surface area contributed by atoms with E-state index >= 15 is 0 Å². The van der Waals surface area contributed by atoms with Crippen molar-refractivity contribution in [2.24, 2.45) is 0 Å². The van der Waals surface area contributed by atoms with Crippen molar-refractivity contribution >= 4 is 0 Å². The summed E-state index contributed by atoms with van der Waals surface area (Å²) in [7, 11) is 0. The summed E-state index contributed by atoms with van der Waals surface area (Å²) in [5, 5.41) is 3.33. The van der Waals surface area contributed by atoms with Crippen LogP contribution in [0.3, 0.4) is 0 Å². The summed E-state index contributed by atoms with van der Waals surface area (Å²) < 4.78 is 13.6. The lowest BCUT2D eigenvalue weighted by Crippen LogP contribution is -2.63. The third-order valence-electron chi connectivity index (χ3n) is 3.43. The van der Waals surface area contributed by atoms with Crippen LogP contribution in [0, 0.1) is 0 Å². The van der Waals surface area contributed by atoms with Crippen LogP contribution in [0.15, 0.2) is 0 Å². The number of hydrogen-bond donors (Lipinski definition) is 1. The first-order valence-electron chi connectivity index (χ1n) is 5.37. The summed E-state index contributed by atoms with van der Waals surface area (Å²) in [6.45, 7) is 5.50. The fraction of sp³-hybridized carbons (Fsp3) is 1.00. The second-order valence-electron chi connectivity index (χ2n) is 4.39. The van der Waals surface area contributed by atoms with Gasteiger partial charge in [-0.05, 0) is 32.4 Å². The van der Waals surface area contributed by atoms with Crippen molar-refractivity contribution in [2.75, 3.05) is 26.2 Å². The molecule has 0 aromatic rings. The maximum absolute atomic E-state index is 13.6. The number of piperidine rings is 1. The number of nitrogens with one attached hydrogen (secondary N) is 1. The molecule has 2 aliphatic heterocycles. The Labute approximate surface area is 79.5 Å². The first-order chi connectivity index (χ1) is 6.23. The van der Waals surface area contributed by atoms with Crippen LogP contribution in [0.5, 0.6) is 0 Å². The Balaban J connectivity index is 1.78. The van der Waals surface area contributed by atoms with Gasteiger partial charge in [-0.1, -0.05) is 6.92 Å². The minimum Gasteiger partial charge on any atom is -0.317 e. The summed E-state index contributed by atoms with van der Waals surface area (Å²) in [5.74, 6) is 0. The van der Waals surface area contributed by atoms with Gasteiger partial charge in [0.2, 0.25) is 0 Å². The molecule has 2 aliphatic rings. The monoisotopic (exact) mass is 186 g/mol. The molecule has 2 fully saturated rings. The Bertz CT molecular complexity index is 172. The predicted octanol–water partition coefficient (Wildman–Crippen LogP) is 1.17. The molecule has 0 spiro atoms. The molecule has 0 aromatic heterocycles. The molecular formula is C10H19FN2. The Hall–Kier alpha value is -0.150. The van der Waals surface area contributed by atoms with Gasteiger partial charge in [-0.25, -0.2) is 4.39 Å². The molecule has 76 valence electrons. The van der Waals surface area contributed by atoms with Crippen LogP contribution >= 0.6 is 0 Å². The first kappa shape index (κ1) is 9.41. The molecule has 2 heterocycles. The smallest absolute Gasteiger partial charge is 0.136 e. The fourth-order valence-corrected chi connectivity index (χ4v) is 2.34. The van der Waals surface area contributed by atoms with Crippen molar-refractivity contribution in [1.29, 1.82) is 0 Å². The van der Waals surface area contributed by atoms with Gasteiger partial charge in [0.1, 0.15) is 5.67 Å². The second kappa shape index (κ2) is 3.54. The number of rotatable bonds is 2. The van der Waals surface area contributed by atoms with E-state index in [2.05, 4.69) is 10.2 Å². The van der Waals surface area contributed by atoms with Crippen LogP contribution < -0.4 is 5.32 Å². The zero-order chi connectivity index (χ0) is 9.31. The average molecular weight is 186 g/mol. The minimum absolute atomic E-state index is 0.650. The Morgan fingerprint density at radius 2 is 2.00 bits per heavy atom. The number of halogens is 1. The summed E-state index contributed by atoms with van der Waals surface area (Å²) in [4.78, 5) is 2.31. The fourth-order valence-electron chi connectivity index (χ4n) is 2.34. The van der Waals surface area contributed by atoms with Crippen LogP contribution in [-0.2, 0) is 0 Å². The number of hydrogen-bond acceptors (Lipinski definition) is 2. The highest BCUT2D eigenvalue weighted by molar-refractivity contribution is 4.98. The van der Waals surface area contributed by atoms with E-state index in [4.69, 9.17) is 0 Å². The van der Waals surface area contributed by atoms with Crippen LogP contribution in [0.2, 0.25) is 0 Å². The number of alkyl halides is 1. The van der Waals surface area contributed by atoms with E-state index in [0.717, 1.165) is 13.1 Å². The van der Waals surface area contributed by atoms with Crippen LogP contribution in [0.1, 0.15) is 26.2 Å². The molecule has 2 saturated heterocycles. The van der Waals surface area contributed by atoms with Gasteiger partial charge in [0.15, 0.2) is 0 Å². The number of likely N-dealkylation sites (tertiary alicyclic amines) is 1. The zero-order valence-electron chi connectivity index (χ0n) is 8.35. The van der Waals surface area contributed by atoms with E-state index in [1.54, 1.807) is 0 Å². The quantitative estimate of drug-likeness (QED) is 0.696. The molecule has 0 atom stereocenters. The minimum atomic E-state index is -0.856. The summed E-state index contributed by atoms with van der Waals surface area (Å²) in [5.41, 5.74) is -0.856. The zero-order valence-corrected chi connectivity index (χ0v) is 8.35. The topological polar surface area (TPSA) is 15.3 Å². The lowest BCUT2D eigenvalue weighted by molar-refractivity contribution is -0.0649. The predicted molar refractivity (Wildman–Crippen MR) is 51.6 cm³/mol.